The van der Waals surface area contributed by atoms with Gasteiger partial charge >= 0.3 is 0 Å². The first-order chi connectivity index (χ1) is 16.2. The van der Waals surface area contributed by atoms with Crippen LogP contribution in [0.15, 0.2) is 75.2 Å². The maximum absolute atomic E-state index is 14.3. The molecule has 34 heavy (non-hydrogen) atoms. The molecule has 0 bridgehead atoms. The van der Waals surface area contributed by atoms with E-state index in [0.717, 1.165) is 10.5 Å². The third-order valence-corrected chi connectivity index (χ3v) is 6.54. The van der Waals surface area contributed by atoms with Crippen molar-refractivity contribution in [2.45, 2.75) is 6.61 Å². The molecular weight excluding hydrogens is 611 g/mol. The van der Waals surface area contributed by atoms with Crippen LogP contribution in [0.5, 0.6) is 5.75 Å². The van der Waals surface area contributed by atoms with E-state index in [1.807, 2.05) is 12.1 Å². The van der Waals surface area contributed by atoms with Crippen LogP contribution in [0.25, 0.3) is 6.08 Å². The molecule has 10 heteroatoms. The zero-order valence-electron chi connectivity index (χ0n) is 17.2. The van der Waals surface area contributed by atoms with Crippen LogP contribution in [0, 0.1) is 5.82 Å². The quantitative estimate of drug-likeness (QED) is 0.203. The van der Waals surface area contributed by atoms with Gasteiger partial charge in [-0.15, -0.1) is 0 Å². The Morgan fingerprint density at radius 3 is 2.35 bits per heavy atom. The number of hydrogen-bond acceptors (Lipinski definition) is 4. The highest BCUT2D eigenvalue weighted by atomic mass is 79.9. The van der Waals surface area contributed by atoms with E-state index in [1.165, 1.54) is 24.3 Å². The summed E-state index contributed by atoms with van der Waals surface area (Å²) in [7, 11) is 0. The molecule has 2 amide bonds. The Morgan fingerprint density at radius 2 is 1.71 bits per heavy atom. The summed E-state index contributed by atoms with van der Waals surface area (Å²) in [6.07, 6.45) is 1.41. The van der Waals surface area contributed by atoms with Crippen LogP contribution in [0.3, 0.4) is 0 Å². The number of rotatable bonds is 5. The van der Waals surface area contributed by atoms with E-state index in [2.05, 4.69) is 37.2 Å². The Labute approximate surface area is 221 Å². The predicted octanol–water partition coefficient (Wildman–Crippen LogP) is 6.41. The smallest absolute Gasteiger partial charge is 0.270 e. The van der Waals surface area contributed by atoms with E-state index in [4.69, 9.17) is 28.6 Å². The zero-order valence-corrected chi connectivity index (χ0v) is 21.9. The number of hydrogen-bond donors (Lipinski definition) is 1. The summed E-state index contributed by atoms with van der Waals surface area (Å²) in [6, 6.07) is 16.4. The number of para-hydroxylation sites is 1. The Kier molecular flexibility index (Phi) is 7.47. The highest BCUT2D eigenvalue weighted by Gasteiger charge is 2.35. The van der Waals surface area contributed by atoms with Gasteiger partial charge in [-0.3, -0.25) is 14.9 Å². The molecule has 0 aromatic heterocycles. The number of carbonyl (C=O) groups excluding carboxylic acids is 2. The Hall–Kier alpha value is -2.59. The van der Waals surface area contributed by atoms with Crippen molar-refractivity contribution in [3.63, 3.8) is 0 Å². The summed E-state index contributed by atoms with van der Waals surface area (Å²) in [5, 5.41) is 2.89. The molecule has 0 radical (unpaired) electrons. The van der Waals surface area contributed by atoms with Gasteiger partial charge in [0.15, 0.2) is 5.11 Å². The molecule has 0 saturated carbocycles. The van der Waals surface area contributed by atoms with Gasteiger partial charge in [0, 0.05) is 5.02 Å². The molecule has 0 unspecified atom stereocenters. The van der Waals surface area contributed by atoms with Gasteiger partial charge in [-0.05, 0) is 97.7 Å². The number of benzene rings is 3. The van der Waals surface area contributed by atoms with Crippen molar-refractivity contribution in [3.8, 4) is 5.75 Å². The van der Waals surface area contributed by atoms with Gasteiger partial charge in [-0.2, -0.15) is 0 Å². The molecule has 1 fully saturated rings. The minimum atomic E-state index is -0.728. The van der Waals surface area contributed by atoms with Crippen LogP contribution in [0.1, 0.15) is 11.1 Å². The maximum Gasteiger partial charge on any atom is 0.270 e. The van der Waals surface area contributed by atoms with Gasteiger partial charge < -0.3 is 4.74 Å². The number of nitrogens with zero attached hydrogens (tertiary/aromatic N) is 1. The minimum Gasteiger partial charge on any atom is -0.487 e. The van der Waals surface area contributed by atoms with E-state index < -0.39 is 17.6 Å². The lowest BCUT2D eigenvalue weighted by Gasteiger charge is -2.29. The van der Waals surface area contributed by atoms with Crippen molar-refractivity contribution in [1.29, 1.82) is 0 Å². The van der Waals surface area contributed by atoms with E-state index in [9.17, 15) is 14.0 Å². The maximum atomic E-state index is 14.3. The fourth-order valence-corrected chi connectivity index (χ4v) is 5.06. The topological polar surface area (TPSA) is 58.6 Å². The number of amides is 2. The van der Waals surface area contributed by atoms with Crippen molar-refractivity contribution in [3.05, 3.63) is 97.1 Å². The molecule has 172 valence electrons. The molecule has 3 aromatic rings. The van der Waals surface area contributed by atoms with E-state index in [-0.39, 0.29) is 16.4 Å². The Morgan fingerprint density at radius 1 is 1.06 bits per heavy atom. The predicted molar refractivity (Wildman–Crippen MR) is 140 cm³/mol. The summed E-state index contributed by atoms with van der Waals surface area (Å²) in [6.45, 7) is 0.310. The van der Waals surface area contributed by atoms with Gasteiger partial charge in [0.2, 0.25) is 0 Å². The van der Waals surface area contributed by atoms with Gasteiger partial charge in [0.05, 0.1) is 14.6 Å². The summed E-state index contributed by atoms with van der Waals surface area (Å²) >= 11 is 18.0. The highest BCUT2D eigenvalue weighted by Crippen LogP contribution is 2.36. The summed E-state index contributed by atoms with van der Waals surface area (Å²) in [5.41, 5.74) is 1.24. The second kappa shape index (κ2) is 10.4. The first-order valence-electron chi connectivity index (χ1n) is 9.77. The summed E-state index contributed by atoms with van der Waals surface area (Å²) in [4.78, 5) is 26.6. The zero-order chi connectivity index (χ0) is 24.4. The van der Waals surface area contributed by atoms with Crippen molar-refractivity contribution in [2.75, 3.05) is 4.90 Å². The van der Waals surface area contributed by atoms with Crippen LogP contribution in [0.2, 0.25) is 5.02 Å². The minimum absolute atomic E-state index is 0.0447. The molecule has 1 aliphatic heterocycles. The second-order valence-electron chi connectivity index (χ2n) is 7.14. The SMILES string of the molecule is O=C1NC(=S)N(c2ccccc2F)C(=O)/C1=C/c1cc(Br)c(OCc2ccc(Cl)cc2)c(Br)c1. The lowest BCUT2D eigenvalue weighted by Crippen LogP contribution is -2.54. The molecule has 0 atom stereocenters. The number of anilines is 1. The third-order valence-electron chi connectivity index (χ3n) is 4.82. The molecule has 1 heterocycles. The van der Waals surface area contributed by atoms with Crippen LogP contribution < -0.4 is 15.0 Å². The fraction of sp³-hybridized carbons (Fsp3) is 0.0417. The number of carbonyl (C=O) groups is 2. The molecule has 1 N–H and O–H groups in total. The van der Waals surface area contributed by atoms with Crippen LogP contribution >= 0.6 is 55.7 Å². The molecule has 4 rings (SSSR count). The van der Waals surface area contributed by atoms with E-state index >= 15 is 0 Å². The molecule has 1 saturated heterocycles. The molecular formula is C24H14Br2ClFN2O3S. The van der Waals surface area contributed by atoms with E-state index in [0.29, 0.717) is 31.9 Å². The number of ether oxygens (including phenoxy) is 1. The van der Waals surface area contributed by atoms with Crippen molar-refractivity contribution in [1.82, 2.24) is 5.32 Å². The van der Waals surface area contributed by atoms with Crippen LogP contribution in [0.4, 0.5) is 10.1 Å². The van der Waals surface area contributed by atoms with Crippen molar-refractivity contribution < 1.29 is 18.7 Å². The van der Waals surface area contributed by atoms with Crippen molar-refractivity contribution >= 4 is 84.4 Å². The highest BCUT2D eigenvalue weighted by molar-refractivity contribution is 9.11. The van der Waals surface area contributed by atoms with Crippen molar-refractivity contribution in [2.24, 2.45) is 0 Å². The number of halogens is 4. The van der Waals surface area contributed by atoms with Gasteiger partial charge in [-0.1, -0.05) is 35.9 Å². The molecule has 5 nitrogen and oxygen atoms in total. The van der Waals surface area contributed by atoms with Gasteiger partial charge in [0.1, 0.15) is 23.7 Å². The van der Waals surface area contributed by atoms with Crippen LogP contribution in [-0.2, 0) is 16.2 Å². The monoisotopic (exact) mass is 622 g/mol. The fourth-order valence-electron chi connectivity index (χ4n) is 3.21. The summed E-state index contributed by atoms with van der Waals surface area (Å²) in [5.74, 6) is -1.49. The molecule has 1 aliphatic rings. The number of nitrogens with one attached hydrogen (secondary N) is 1. The van der Waals surface area contributed by atoms with E-state index in [1.54, 1.807) is 30.3 Å². The Bertz CT molecular complexity index is 1330. The number of thiocarbonyl (C=S) groups is 1. The first-order valence-corrected chi connectivity index (χ1v) is 12.1. The first kappa shape index (κ1) is 24.5. The van der Waals surface area contributed by atoms with Gasteiger partial charge in [-0.25, -0.2) is 9.29 Å². The lowest BCUT2D eigenvalue weighted by molar-refractivity contribution is -0.122. The lowest BCUT2D eigenvalue weighted by atomic mass is 10.1. The third kappa shape index (κ3) is 5.22. The average Bonchev–Trinajstić information content (AvgIpc) is 2.78. The van der Waals surface area contributed by atoms with Gasteiger partial charge in [0.25, 0.3) is 11.8 Å². The normalized spacial score (nSPS) is 15.0. The average molecular weight is 625 g/mol. The molecule has 0 aliphatic carbocycles. The Balaban J connectivity index is 1.61. The second-order valence-corrected chi connectivity index (χ2v) is 9.67. The van der Waals surface area contributed by atoms with Crippen LogP contribution in [-0.4, -0.2) is 16.9 Å². The largest absolute Gasteiger partial charge is 0.487 e. The summed E-state index contributed by atoms with van der Waals surface area (Å²) < 4.78 is 21.4. The molecule has 0 spiro atoms. The standard InChI is InChI=1S/C24H14Br2ClFN2O3S/c25-17-10-14(11-18(26)21(17)33-12-13-5-7-15(27)8-6-13)9-16-22(31)29-24(34)30(23(16)32)20-4-2-1-3-19(20)28/h1-11H,12H2,(H,29,31,34)/b16-9+. The molecule has 3 aromatic carbocycles.